The van der Waals surface area contributed by atoms with E-state index in [1.54, 1.807) is 24.3 Å². The van der Waals surface area contributed by atoms with E-state index in [4.69, 9.17) is 5.11 Å². The summed E-state index contributed by atoms with van der Waals surface area (Å²) < 4.78 is 0. The molecule has 1 heterocycles. The predicted octanol–water partition coefficient (Wildman–Crippen LogP) is 0.994. The van der Waals surface area contributed by atoms with E-state index < -0.39 is 29.2 Å². The number of nitrogens with zero attached hydrogens (tertiary/aromatic N) is 2. The molecule has 1 aliphatic rings. The Morgan fingerprint density at radius 2 is 1.61 bits per heavy atom. The maximum atomic E-state index is 12.2. The van der Waals surface area contributed by atoms with Gasteiger partial charge in [-0.15, -0.1) is 0 Å². The topological polar surface area (TPSA) is 95.0 Å². The minimum absolute atomic E-state index is 0.0782. The highest BCUT2D eigenvalue weighted by atomic mass is 16.4. The summed E-state index contributed by atoms with van der Waals surface area (Å²) in [6.07, 6.45) is -0.126. The highest BCUT2D eigenvalue weighted by Crippen LogP contribution is 2.23. The van der Waals surface area contributed by atoms with Gasteiger partial charge in [0.2, 0.25) is 5.91 Å². The number of imide groups is 1. The molecule has 0 bridgehead atoms. The first-order valence-electron chi connectivity index (χ1n) is 7.13. The van der Waals surface area contributed by atoms with Gasteiger partial charge in [0.05, 0.1) is 11.1 Å². The summed E-state index contributed by atoms with van der Waals surface area (Å²) in [6, 6.07) is 6.47. The molecule has 1 aromatic carbocycles. The smallest absolute Gasteiger partial charge is 0.329 e. The Labute approximate surface area is 133 Å². The lowest BCUT2D eigenvalue weighted by atomic mass is 10.0. The van der Waals surface area contributed by atoms with Crippen LogP contribution in [0.5, 0.6) is 0 Å². The molecule has 1 aromatic rings. The van der Waals surface area contributed by atoms with Gasteiger partial charge in [-0.25, -0.2) is 4.79 Å². The fourth-order valence-electron chi connectivity index (χ4n) is 2.27. The largest absolute Gasteiger partial charge is 0.480 e. The fraction of sp³-hybridized carbons (Fsp3) is 0.375. The first-order chi connectivity index (χ1) is 10.7. The Balaban J connectivity index is 2.05. The first kappa shape index (κ1) is 16.7. The molecule has 122 valence electrons. The summed E-state index contributed by atoms with van der Waals surface area (Å²) >= 11 is 0. The number of carbonyl (C=O) groups excluding carboxylic acids is 3. The van der Waals surface area contributed by atoms with Gasteiger partial charge in [-0.05, 0) is 26.0 Å². The van der Waals surface area contributed by atoms with Crippen LogP contribution in [0.15, 0.2) is 24.3 Å². The summed E-state index contributed by atoms with van der Waals surface area (Å²) in [5, 5.41) is 9.13. The molecule has 2 rings (SSSR count). The molecule has 0 aliphatic carbocycles. The lowest BCUT2D eigenvalue weighted by Gasteiger charge is -2.32. The normalized spacial score (nSPS) is 14.0. The minimum atomic E-state index is -1.36. The van der Waals surface area contributed by atoms with Crippen molar-refractivity contribution in [3.05, 3.63) is 35.4 Å². The molecule has 0 fully saturated rings. The summed E-state index contributed by atoms with van der Waals surface area (Å²) in [7, 11) is 1.39. The Bertz CT molecular complexity index is 660. The van der Waals surface area contributed by atoms with E-state index in [1.807, 2.05) is 0 Å². The van der Waals surface area contributed by atoms with Gasteiger partial charge in [-0.2, -0.15) is 0 Å². The monoisotopic (exact) mass is 318 g/mol. The van der Waals surface area contributed by atoms with E-state index in [1.165, 1.54) is 20.9 Å². The number of rotatable bonds is 5. The van der Waals surface area contributed by atoms with E-state index in [0.29, 0.717) is 11.1 Å². The zero-order chi connectivity index (χ0) is 17.4. The van der Waals surface area contributed by atoms with Crippen molar-refractivity contribution >= 4 is 23.7 Å². The van der Waals surface area contributed by atoms with Crippen LogP contribution in [0.4, 0.5) is 0 Å². The van der Waals surface area contributed by atoms with Crippen molar-refractivity contribution in [2.75, 3.05) is 13.6 Å². The van der Waals surface area contributed by atoms with Crippen molar-refractivity contribution in [2.45, 2.75) is 25.8 Å². The average molecular weight is 318 g/mol. The third-order valence-corrected chi connectivity index (χ3v) is 4.16. The number of carbonyl (C=O) groups is 4. The van der Waals surface area contributed by atoms with Gasteiger partial charge >= 0.3 is 5.97 Å². The molecule has 7 heteroatoms. The van der Waals surface area contributed by atoms with Crippen molar-refractivity contribution in [3.8, 4) is 0 Å². The molecule has 0 unspecified atom stereocenters. The number of carboxylic acids is 1. The van der Waals surface area contributed by atoms with E-state index in [0.717, 1.165) is 9.80 Å². The van der Waals surface area contributed by atoms with E-state index in [-0.39, 0.29) is 13.0 Å². The predicted molar refractivity (Wildman–Crippen MR) is 80.9 cm³/mol. The number of aliphatic carboxylic acids is 1. The van der Waals surface area contributed by atoms with E-state index in [9.17, 15) is 19.2 Å². The highest BCUT2D eigenvalue weighted by molar-refractivity contribution is 6.21. The van der Waals surface area contributed by atoms with Crippen LogP contribution in [0.1, 0.15) is 41.0 Å². The number of likely N-dealkylation sites (N-methyl/N-ethyl adjacent to an activating group) is 1. The van der Waals surface area contributed by atoms with Gasteiger partial charge in [0, 0.05) is 20.0 Å². The number of fused-ring (bicyclic) bond motifs is 1. The zero-order valence-corrected chi connectivity index (χ0v) is 13.2. The Morgan fingerprint density at radius 3 is 2.04 bits per heavy atom. The second-order valence-corrected chi connectivity index (χ2v) is 5.87. The van der Waals surface area contributed by atoms with Gasteiger partial charge in [-0.1, -0.05) is 12.1 Å². The molecule has 0 spiro atoms. The highest BCUT2D eigenvalue weighted by Gasteiger charge is 2.38. The van der Waals surface area contributed by atoms with E-state index >= 15 is 0 Å². The number of hydrogen-bond donors (Lipinski definition) is 1. The molecule has 0 aromatic heterocycles. The lowest BCUT2D eigenvalue weighted by molar-refractivity contribution is -0.155. The molecule has 0 saturated heterocycles. The molecule has 0 atom stereocenters. The number of carboxylic acid groups (broad SMARTS) is 1. The number of hydrogen-bond acceptors (Lipinski definition) is 4. The zero-order valence-electron chi connectivity index (χ0n) is 13.2. The Morgan fingerprint density at radius 1 is 1.13 bits per heavy atom. The van der Waals surface area contributed by atoms with Crippen LogP contribution >= 0.6 is 0 Å². The van der Waals surface area contributed by atoms with Crippen LogP contribution in [-0.4, -0.2) is 57.7 Å². The molecular weight excluding hydrogens is 300 g/mol. The van der Waals surface area contributed by atoms with E-state index in [2.05, 4.69) is 0 Å². The van der Waals surface area contributed by atoms with Crippen LogP contribution in [0, 0.1) is 0 Å². The molecule has 0 saturated carbocycles. The summed E-state index contributed by atoms with van der Waals surface area (Å²) in [5.74, 6) is -2.44. The first-order valence-corrected chi connectivity index (χ1v) is 7.13. The van der Waals surface area contributed by atoms with Gasteiger partial charge in [-0.3, -0.25) is 19.3 Å². The molecular formula is C16H18N2O5. The van der Waals surface area contributed by atoms with Gasteiger partial charge < -0.3 is 10.0 Å². The van der Waals surface area contributed by atoms with Crippen molar-refractivity contribution in [1.82, 2.24) is 9.80 Å². The molecule has 1 N–H and O–H groups in total. The fourth-order valence-corrected chi connectivity index (χ4v) is 2.27. The standard InChI is InChI=1S/C16H18N2O5/c1-16(2,15(22)23)17(3)12(19)8-9-18-13(20)10-6-4-5-7-11(10)14(18)21/h4-7H,8-9H2,1-3H3,(H,22,23). The molecule has 7 nitrogen and oxygen atoms in total. The lowest BCUT2D eigenvalue weighted by Crippen LogP contribution is -2.51. The third kappa shape index (κ3) is 2.81. The van der Waals surface area contributed by atoms with Gasteiger partial charge in [0.25, 0.3) is 11.8 Å². The Kier molecular flexibility index (Phi) is 4.22. The SMILES string of the molecule is CN(C(=O)CCN1C(=O)c2ccccc2C1=O)C(C)(C)C(=O)O. The van der Waals surface area contributed by atoms with Gasteiger partial charge in [0.15, 0.2) is 0 Å². The minimum Gasteiger partial charge on any atom is -0.480 e. The van der Waals surface area contributed by atoms with Crippen LogP contribution in [0.2, 0.25) is 0 Å². The third-order valence-electron chi connectivity index (χ3n) is 4.16. The van der Waals surface area contributed by atoms with Crippen LogP contribution < -0.4 is 0 Å². The van der Waals surface area contributed by atoms with Crippen molar-refractivity contribution in [3.63, 3.8) is 0 Å². The quantitative estimate of drug-likeness (QED) is 0.817. The molecule has 3 amide bonds. The molecule has 0 radical (unpaired) electrons. The average Bonchev–Trinajstić information content (AvgIpc) is 2.76. The number of amides is 3. The van der Waals surface area contributed by atoms with Gasteiger partial charge in [0.1, 0.15) is 5.54 Å². The maximum absolute atomic E-state index is 12.2. The Hall–Kier alpha value is -2.70. The summed E-state index contributed by atoms with van der Waals surface area (Å²) in [5.41, 5.74) is -0.715. The van der Waals surface area contributed by atoms with Crippen molar-refractivity contribution in [1.29, 1.82) is 0 Å². The summed E-state index contributed by atoms with van der Waals surface area (Å²) in [6.45, 7) is 2.75. The summed E-state index contributed by atoms with van der Waals surface area (Å²) in [4.78, 5) is 49.8. The van der Waals surface area contributed by atoms with Crippen LogP contribution in [0.25, 0.3) is 0 Å². The number of benzene rings is 1. The molecule has 1 aliphatic heterocycles. The van der Waals surface area contributed by atoms with Crippen molar-refractivity contribution in [2.24, 2.45) is 0 Å². The maximum Gasteiger partial charge on any atom is 0.329 e. The second kappa shape index (κ2) is 5.83. The van der Waals surface area contributed by atoms with Crippen LogP contribution in [0.3, 0.4) is 0 Å². The van der Waals surface area contributed by atoms with Crippen molar-refractivity contribution < 1.29 is 24.3 Å². The van der Waals surface area contributed by atoms with Crippen LogP contribution in [-0.2, 0) is 9.59 Å². The second-order valence-electron chi connectivity index (χ2n) is 5.87. The molecule has 23 heavy (non-hydrogen) atoms.